The number of aliphatic carboxylic acids is 1. The van der Waals surface area contributed by atoms with Crippen LogP contribution in [0.4, 0.5) is 0 Å². The maximum Gasteiger partial charge on any atom is 0.303 e. The summed E-state index contributed by atoms with van der Waals surface area (Å²) >= 11 is 0. The third kappa shape index (κ3) is 6.95. The number of nitrogens with zero attached hydrogens (tertiary/aromatic N) is 1. The molecular formula is C24H36ClNO3Si. The SMILES string of the molecule is CN(CCCO[Si](c1ccccc1)(c1ccccc1)C(C)(C)C)CCCC(=O)O.Cl. The van der Waals surface area contributed by atoms with Crippen LogP contribution in [0.3, 0.4) is 0 Å². The predicted octanol–water partition coefficient (Wildman–Crippen LogP) is 4.17. The summed E-state index contributed by atoms with van der Waals surface area (Å²) in [5.41, 5.74) is 0. The molecule has 0 bridgehead atoms. The van der Waals surface area contributed by atoms with Gasteiger partial charge in [0.05, 0.1) is 0 Å². The minimum atomic E-state index is -2.46. The Balaban J connectivity index is 0.00000450. The van der Waals surface area contributed by atoms with Crippen molar-refractivity contribution in [3.8, 4) is 0 Å². The number of hydrogen-bond acceptors (Lipinski definition) is 3. The topological polar surface area (TPSA) is 49.8 Å². The molecule has 166 valence electrons. The first-order chi connectivity index (χ1) is 13.8. The molecule has 2 aromatic rings. The first kappa shape index (κ1) is 26.4. The maximum absolute atomic E-state index is 10.7. The molecule has 0 amide bonds. The van der Waals surface area contributed by atoms with Crippen molar-refractivity contribution >= 4 is 37.1 Å². The van der Waals surface area contributed by atoms with Crippen molar-refractivity contribution < 1.29 is 14.3 Å². The van der Waals surface area contributed by atoms with Gasteiger partial charge in [-0.15, -0.1) is 12.4 Å². The molecular weight excluding hydrogens is 414 g/mol. The molecule has 0 aliphatic rings. The van der Waals surface area contributed by atoms with Crippen molar-refractivity contribution in [2.45, 2.75) is 45.1 Å². The zero-order valence-corrected chi connectivity index (χ0v) is 20.5. The first-order valence-electron chi connectivity index (χ1n) is 10.4. The van der Waals surface area contributed by atoms with Crippen LogP contribution in [0.25, 0.3) is 0 Å². The van der Waals surface area contributed by atoms with Crippen LogP contribution in [0.15, 0.2) is 60.7 Å². The molecule has 2 rings (SSSR count). The smallest absolute Gasteiger partial charge is 0.303 e. The zero-order valence-electron chi connectivity index (χ0n) is 18.6. The standard InChI is InChI=1S/C24H35NO3Si.ClH/c1-24(2,3)29(21-13-7-5-8-14-21,22-15-9-6-10-16-22)28-20-12-19-25(4)18-11-17-23(26)27;/h5-10,13-16H,11-12,17-20H2,1-4H3,(H,26,27);1H. The summed E-state index contributed by atoms with van der Waals surface area (Å²) in [7, 11) is -0.412. The number of halogens is 1. The van der Waals surface area contributed by atoms with Crippen LogP contribution in [-0.2, 0) is 9.22 Å². The summed E-state index contributed by atoms with van der Waals surface area (Å²) in [5.74, 6) is -0.728. The van der Waals surface area contributed by atoms with Crippen molar-refractivity contribution in [1.29, 1.82) is 0 Å². The second-order valence-corrected chi connectivity index (χ2v) is 13.0. The quantitative estimate of drug-likeness (QED) is 0.413. The first-order valence-corrected chi connectivity index (χ1v) is 12.3. The fraction of sp³-hybridized carbons (Fsp3) is 0.458. The Morgan fingerprint density at radius 2 is 1.40 bits per heavy atom. The van der Waals surface area contributed by atoms with Crippen LogP contribution >= 0.6 is 12.4 Å². The van der Waals surface area contributed by atoms with Crippen LogP contribution in [0.5, 0.6) is 0 Å². The van der Waals surface area contributed by atoms with Crippen LogP contribution in [0, 0.1) is 0 Å². The minimum absolute atomic E-state index is 0. The number of carboxylic acid groups (broad SMARTS) is 1. The lowest BCUT2D eigenvalue weighted by molar-refractivity contribution is -0.137. The molecule has 0 saturated carbocycles. The van der Waals surface area contributed by atoms with Crippen molar-refractivity contribution in [2.24, 2.45) is 0 Å². The van der Waals surface area contributed by atoms with Crippen molar-refractivity contribution in [1.82, 2.24) is 4.90 Å². The molecule has 0 spiro atoms. The Labute approximate surface area is 188 Å². The summed E-state index contributed by atoms with van der Waals surface area (Å²) in [6.45, 7) is 9.26. The lowest BCUT2D eigenvalue weighted by atomic mass is 10.2. The molecule has 0 fully saturated rings. The Morgan fingerprint density at radius 3 is 1.83 bits per heavy atom. The van der Waals surface area contributed by atoms with Gasteiger partial charge >= 0.3 is 5.97 Å². The van der Waals surface area contributed by atoms with E-state index in [9.17, 15) is 4.79 Å². The van der Waals surface area contributed by atoms with Gasteiger partial charge in [-0.2, -0.15) is 0 Å². The fourth-order valence-electron chi connectivity index (χ4n) is 3.93. The van der Waals surface area contributed by atoms with Gasteiger partial charge < -0.3 is 14.4 Å². The molecule has 0 atom stereocenters. The van der Waals surface area contributed by atoms with Crippen LogP contribution in [-0.4, -0.2) is 51.0 Å². The summed E-state index contributed by atoms with van der Waals surface area (Å²) in [5, 5.41) is 11.4. The van der Waals surface area contributed by atoms with E-state index < -0.39 is 14.3 Å². The largest absolute Gasteiger partial charge is 0.481 e. The average Bonchev–Trinajstić information content (AvgIpc) is 2.68. The zero-order chi connectivity index (χ0) is 21.3. The van der Waals surface area contributed by atoms with E-state index in [1.807, 2.05) is 7.05 Å². The fourth-order valence-corrected chi connectivity index (χ4v) is 8.54. The van der Waals surface area contributed by atoms with Gasteiger partial charge in [-0.25, -0.2) is 0 Å². The van der Waals surface area contributed by atoms with Crippen molar-refractivity contribution in [3.05, 3.63) is 60.7 Å². The normalized spacial score (nSPS) is 11.9. The molecule has 2 aromatic carbocycles. The highest BCUT2D eigenvalue weighted by Crippen LogP contribution is 2.36. The Bertz CT molecular complexity index is 711. The third-order valence-electron chi connectivity index (χ3n) is 5.35. The summed E-state index contributed by atoms with van der Waals surface area (Å²) in [6, 6.07) is 21.4. The number of hydrogen-bond donors (Lipinski definition) is 1. The summed E-state index contributed by atoms with van der Waals surface area (Å²) in [6.07, 6.45) is 1.83. The van der Waals surface area contributed by atoms with Gasteiger partial charge in [-0.1, -0.05) is 81.4 Å². The Hall–Kier alpha value is -1.66. The second-order valence-electron chi connectivity index (χ2n) is 8.67. The Kier molecular flexibility index (Phi) is 10.8. The van der Waals surface area contributed by atoms with Crippen molar-refractivity contribution in [2.75, 3.05) is 26.7 Å². The highest BCUT2D eigenvalue weighted by atomic mass is 35.5. The molecule has 0 heterocycles. The van der Waals surface area contributed by atoms with Gasteiger partial charge in [-0.05, 0) is 48.4 Å². The molecule has 30 heavy (non-hydrogen) atoms. The average molecular weight is 450 g/mol. The molecule has 0 radical (unpaired) electrons. The van der Waals surface area contributed by atoms with E-state index in [1.165, 1.54) is 10.4 Å². The highest BCUT2D eigenvalue weighted by molar-refractivity contribution is 6.99. The third-order valence-corrected chi connectivity index (χ3v) is 10.4. The van der Waals surface area contributed by atoms with Gasteiger partial charge in [0.2, 0.25) is 0 Å². The summed E-state index contributed by atoms with van der Waals surface area (Å²) < 4.78 is 6.88. The van der Waals surface area contributed by atoms with Crippen LogP contribution in [0.1, 0.15) is 40.0 Å². The summed E-state index contributed by atoms with van der Waals surface area (Å²) in [4.78, 5) is 12.9. The molecule has 0 aliphatic heterocycles. The minimum Gasteiger partial charge on any atom is -0.481 e. The molecule has 1 N–H and O–H groups in total. The van der Waals surface area contributed by atoms with Gasteiger partial charge in [0.1, 0.15) is 0 Å². The van der Waals surface area contributed by atoms with Gasteiger partial charge in [0, 0.05) is 13.0 Å². The molecule has 6 heteroatoms. The van der Waals surface area contributed by atoms with Crippen LogP contribution < -0.4 is 10.4 Å². The number of carboxylic acids is 1. The highest BCUT2D eigenvalue weighted by Gasteiger charge is 2.49. The lowest BCUT2D eigenvalue weighted by Crippen LogP contribution is -2.66. The van der Waals surface area contributed by atoms with E-state index in [0.717, 1.165) is 19.5 Å². The second kappa shape index (κ2) is 12.3. The van der Waals surface area contributed by atoms with Gasteiger partial charge in [0.15, 0.2) is 0 Å². The van der Waals surface area contributed by atoms with E-state index in [-0.39, 0.29) is 23.9 Å². The van der Waals surface area contributed by atoms with Gasteiger partial charge in [0.25, 0.3) is 8.32 Å². The lowest BCUT2D eigenvalue weighted by Gasteiger charge is -2.43. The molecule has 4 nitrogen and oxygen atoms in total. The molecule has 0 aromatic heterocycles. The van der Waals surface area contributed by atoms with E-state index in [2.05, 4.69) is 86.3 Å². The van der Waals surface area contributed by atoms with E-state index in [4.69, 9.17) is 9.53 Å². The molecule has 0 aliphatic carbocycles. The monoisotopic (exact) mass is 449 g/mol. The maximum atomic E-state index is 10.7. The predicted molar refractivity (Wildman–Crippen MR) is 130 cm³/mol. The van der Waals surface area contributed by atoms with E-state index >= 15 is 0 Å². The number of carbonyl (C=O) groups is 1. The Morgan fingerprint density at radius 1 is 0.933 bits per heavy atom. The van der Waals surface area contributed by atoms with Crippen molar-refractivity contribution in [3.63, 3.8) is 0 Å². The van der Waals surface area contributed by atoms with Crippen LogP contribution in [0.2, 0.25) is 5.04 Å². The number of benzene rings is 2. The molecule has 0 unspecified atom stereocenters. The van der Waals surface area contributed by atoms with E-state index in [1.54, 1.807) is 0 Å². The van der Waals surface area contributed by atoms with E-state index in [0.29, 0.717) is 13.0 Å². The van der Waals surface area contributed by atoms with Gasteiger partial charge in [-0.3, -0.25) is 4.79 Å². The molecule has 0 saturated heterocycles. The number of rotatable bonds is 11.